The maximum Gasteiger partial charge on any atom is 0.168 e. The summed E-state index contributed by atoms with van der Waals surface area (Å²) in [6, 6.07) is 12.9. The fraction of sp³-hybridized carbons (Fsp3) is 0.480. The number of hydrogen-bond acceptors (Lipinski definition) is 7. The van der Waals surface area contributed by atoms with Gasteiger partial charge in [0.05, 0.1) is 20.3 Å². The summed E-state index contributed by atoms with van der Waals surface area (Å²) in [5.74, 6) is 2.15. The number of tetrazole rings is 1. The van der Waals surface area contributed by atoms with Crippen LogP contribution in [-0.4, -0.2) is 65.5 Å². The van der Waals surface area contributed by atoms with Gasteiger partial charge in [-0.3, -0.25) is 4.90 Å². The van der Waals surface area contributed by atoms with Crippen molar-refractivity contribution < 1.29 is 13.9 Å². The maximum atomic E-state index is 13.3. The van der Waals surface area contributed by atoms with E-state index in [9.17, 15) is 4.39 Å². The summed E-state index contributed by atoms with van der Waals surface area (Å²) in [5.41, 5.74) is 2.20. The standard InChI is InChI=1S/C25H33FN6O2/c1-4-5-22(31-16-14-30(15-17-31)21-9-7-20(26)8-10-21)25-27-28-29-32(25)13-12-19-6-11-23(33-2)24(18-19)34-3/h6-11,18,22H,4-5,12-17H2,1-3H3. The van der Waals surface area contributed by atoms with Crippen molar-refractivity contribution in [3.8, 4) is 11.5 Å². The molecular weight excluding hydrogens is 435 g/mol. The van der Waals surface area contributed by atoms with E-state index in [2.05, 4.69) is 32.2 Å². The van der Waals surface area contributed by atoms with Crippen molar-refractivity contribution >= 4 is 5.69 Å². The van der Waals surface area contributed by atoms with Crippen molar-refractivity contribution in [1.29, 1.82) is 0 Å². The molecular formula is C25H33FN6O2. The normalized spacial score (nSPS) is 15.4. The fourth-order valence-corrected chi connectivity index (χ4v) is 4.57. The van der Waals surface area contributed by atoms with Crippen LogP contribution in [0.2, 0.25) is 0 Å². The summed E-state index contributed by atoms with van der Waals surface area (Å²) >= 11 is 0. The first kappa shape index (κ1) is 23.9. The van der Waals surface area contributed by atoms with Gasteiger partial charge in [0, 0.05) is 38.4 Å². The molecule has 34 heavy (non-hydrogen) atoms. The average molecular weight is 469 g/mol. The van der Waals surface area contributed by atoms with E-state index < -0.39 is 0 Å². The number of nitrogens with zero attached hydrogens (tertiary/aromatic N) is 6. The lowest BCUT2D eigenvalue weighted by molar-refractivity contribution is 0.164. The number of aromatic nitrogens is 4. The predicted octanol–water partition coefficient (Wildman–Crippen LogP) is 3.74. The zero-order valence-corrected chi connectivity index (χ0v) is 20.2. The first-order valence-electron chi connectivity index (χ1n) is 11.8. The number of anilines is 1. The van der Waals surface area contributed by atoms with E-state index in [0.717, 1.165) is 74.0 Å². The minimum atomic E-state index is -0.203. The van der Waals surface area contributed by atoms with E-state index in [1.54, 1.807) is 14.2 Å². The average Bonchev–Trinajstić information content (AvgIpc) is 3.34. The van der Waals surface area contributed by atoms with Crippen LogP contribution >= 0.6 is 0 Å². The van der Waals surface area contributed by atoms with Crippen LogP contribution < -0.4 is 14.4 Å². The van der Waals surface area contributed by atoms with Crippen LogP contribution in [0.3, 0.4) is 0 Å². The summed E-state index contributed by atoms with van der Waals surface area (Å²) in [4.78, 5) is 4.78. The number of benzene rings is 2. The Labute approximate surface area is 200 Å². The number of halogens is 1. The highest BCUT2D eigenvalue weighted by Crippen LogP contribution is 2.29. The van der Waals surface area contributed by atoms with Crippen LogP contribution in [-0.2, 0) is 13.0 Å². The number of rotatable bonds is 10. The lowest BCUT2D eigenvalue weighted by atomic mass is 10.1. The second-order valence-corrected chi connectivity index (χ2v) is 8.50. The molecule has 1 aliphatic heterocycles. The molecule has 0 N–H and O–H groups in total. The maximum absolute atomic E-state index is 13.3. The van der Waals surface area contributed by atoms with Gasteiger partial charge in [-0.25, -0.2) is 9.07 Å². The van der Waals surface area contributed by atoms with E-state index in [0.29, 0.717) is 6.54 Å². The molecule has 0 bridgehead atoms. The van der Waals surface area contributed by atoms with E-state index in [1.807, 2.05) is 35.0 Å². The highest BCUT2D eigenvalue weighted by atomic mass is 19.1. The quantitative estimate of drug-likeness (QED) is 0.449. The van der Waals surface area contributed by atoms with Gasteiger partial charge in [-0.2, -0.15) is 0 Å². The van der Waals surface area contributed by atoms with Crippen LogP contribution in [0.4, 0.5) is 10.1 Å². The number of aryl methyl sites for hydroxylation is 2. The summed E-state index contributed by atoms with van der Waals surface area (Å²) in [7, 11) is 3.28. The van der Waals surface area contributed by atoms with Crippen molar-refractivity contribution in [1.82, 2.24) is 25.1 Å². The van der Waals surface area contributed by atoms with Crippen LogP contribution in [0.1, 0.15) is 37.2 Å². The molecule has 2 heterocycles. The summed E-state index contributed by atoms with van der Waals surface area (Å²) in [6.07, 6.45) is 2.83. The largest absolute Gasteiger partial charge is 0.493 e. The van der Waals surface area contributed by atoms with Crippen molar-refractivity contribution in [3.05, 3.63) is 59.7 Å². The van der Waals surface area contributed by atoms with Gasteiger partial charge in [0.2, 0.25) is 0 Å². The van der Waals surface area contributed by atoms with E-state index >= 15 is 0 Å². The third-order valence-corrected chi connectivity index (χ3v) is 6.43. The van der Waals surface area contributed by atoms with Crippen molar-refractivity contribution in [2.45, 2.75) is 38.8 Å². The van der Waals surface area contributed by atoms with Crippen LogP contribution in [0.25, 0.3) is 0 Å². The van der Waals surface area contributed by atoms with E-state index in [4.69, 9.17) is 9.47 Å². The molecule has 3 aromatic rings. The van der Waals surface area contributed by atoms with Gasteiger partial charge < -0.3 is 14.4 Å². The van der Waals surface area contributed by atoms with Gasteiger partial charge in [-0.05, 0) is 65.2 Å². The smallest absolute Gasteiger partial charge is 0.168 e. The number of hydrogen-bond donors (Lipinski definition) is 0. The Bertz CT molecular complexity index is 1050. The molecule has 1 atom stereocenters. The Morgan fingerprint density at radius 3 is 2.38 bits per heavy atom. The lowest BCUT2D eigenvalue weighted by Crippen LogP contribution is -2.48. The molecule has 1 aromatic heterocycles. The molecule has 1 aliphatic rings. The Morgan fingerprint density at radius 1 is 0.971 bits per heavy atom. The molecule has 1 unspecified atom stereocenters. The van der Waals surface area contributed by atoms with Gasteiger partial charge in [0.15, 0.2) is 17.3 Å². The van der Waals surface area contributed by atoms with Gasteiger partial charge in [0.1, 0.15) is 5.82 Å². The highest BCUT2D eigenvalue weighted by molar-refractivity contribution is 5.46. The van der Waals surface area contributed by atoms with Gasteiger partial charge in [-0.1, -0.05) is 19.4 Å². The zero-order valence-electron chi connectivity index (χ0n) is 20.2. The van der Waals surface area contributed by atoms with Gasteiger partial charge in [-0.15, -0.1) is 5.10 Å². The minimum absolute atomic E-state index is 0.167. The molecule has 8 nitrogen and oxygen atoms in total. The first-order chi connectivity index (χ1) is 16.6. The Morgan fingerprint density at radius 2 is 1.71 bits per heavy atom. The lowest BCUT2D eigenvalue weighted by Gasteiger charge is -2.39. The number of piperazine rings is 1. The third kappa shape index (κ3) is 5.47. The fourth-order valence-electron chi connectivity index (χ4n) is 4.57. The topological polar surface area (TPSA) is 68.5 Å². The van der Waals surface area contributed by atoms with Gasteiger partial charge in [0.25, 0.3) is 0 Å². The molecule has 0 aliphatic carbocycles. The molecule has 4 rings (SSSR count). The third-order valence-electron chi connectivity index (χ3n) is 6.43. The molecule has 0 spiro atoms. The summed E-state index contributed by atoms with van der Waals surface area (Å²) < 4.78 is 26.0. The SMILES string of the molecule is CCCC(c1nnnn1CCc1ccc(OC)c(OC)c1)N1CCN(c2ccc(F)cc2)CC1. The van der Waals surface area contributed by atoms with E-state index in [-0.39, 0.29) is 11.9 Å². The molecule has 9 heteroatoms. The first-order valence-corrected chi connectivity index (χ1v) is 11.8. The molecule has 0 radical (unpaired) electrons. The molecule has 1 fully saturated rings. The van der Waals surface area contributed by atoms with Crippen LogP contribution in [0.15, 0.2) is 42.5 Å². The minimum Gasteiger partial charge on any atom is -0.493 e. The number of methoxy groups -OCH3 is 2. The van der Waals surface area contributed by atoms with Crippen molar-refractivity contribution in [2.75, 3.05) is 45.3 Å². The Balaban J connectivity index is 1.42. The molecule has 2 aromatic carbocycles. The van der Waals surface area contributed by atoms with Crippen LogP contribution in [0.5, 0.6) is 11.5 Å². The zero-order chi connectivity index (χ0) is 23.9. The second kappa shape index (κ2) is 11.3. The number of ether oxygens (including phenoxy) is 2. The highest BCUT2D eigenvalue weighted by Gasteiger charge is 2.28. The second-order valence-electron chi connectivity index (χ2n) is 8.50. The summed E-state index contributed by atoms with van der Waals surface area (Å²) in [5, 5.41) is 12.7. The molecule has 182 valence electrons. The van der Waals surface area contributed by atoms with Crippen molar-refractivity contribution in [3.63, 3.8) is 0 Å². The molecule has 0 amide bonds. The predicted molar refractivity (Wildman–Crippen MR) is 129 cm³/mol. The van der Waals surface area contributed by atoms with Crippen molar-refractivity contribution in [2.24, 2.45) is 0 Å². The van der Waals surface area contributed by atoms with E-state index in [1.165, 1.54) is 12.1 Å². The Kier molecular flexibility index (Phi) is 7.95. The summed E-state index contributed by atoms with van der Waals surface area (Å²) in [6.45, 7) is 6.47. The van der Waals surface area contributed by atoms with Crippen LogP contribution in [0, 0.1) is 5.82 Å². The molecule has 1 saturated heterocycles. The monoisotopic (exact) mass is 468 g/mol. The molecule has 0 saturated carbocycles. The Hall–Kier alpha value is -3.20. The van der Waals surface area contributed by atoms with Gasteiger partial charge >= 0.3 is 0 Å².